The topological polar surface area (TPSA) is 44.8 Å². The van der Waals surface area contributed by atoms with E-state index >= 15 is 0 Å². The molecule has 0 aliphatic rings. The van der Waals surface area contributed by atoms with Crippen LogP contribution < -0.4 is 0 Å². The molecule has 2 aromatic rings. The molecule has 0 aliphatic carbocycles. The van der Waals surface area contributed by atoms with Crippen molar-refractivity contribution in [1.82, 2.24) is 0 Å². The van der Waals surface area contributed by atoms with Gasteiger partial charge in [-0.1, -0.05) is 75.0 Å². The number of phosphoric ester groups is 1. The highest BCUT2D eigenvalue weighted by Gasteiger charge is 2.28. The molecule has 0 bridgehead atoms. The maximum Gasteiger partial charge on any atom is 0.530 e. The lowest BCUT2D eigenvalue weighted by molar-refractivity contribution is 0.159. The van der Waals surface area contributed by atoms with Crippen LogP contribution in [0.25, 0.3) is 5.76 Å². The molecule has 5 heteroatoms. The third kappa shape index (κ3) is 6.85. The second-order valence-electron chi connectivity index (χ2n) is 7.07. The number of benzene rings is 2. The highest BCUT2D eigenvalue weighted by Crippen LogP contribution is 2.52. The Kier molecular flexibility index (Phi) is 9.16. The molecule has 29 heavy (non-hydrogen) atoms. The number of rotatable bonds is 12. The van der Waals surface area contributed by atoms with Gasteiger partial charge in [0.2, 0.25) is 0 Å². The van der Waals surface area contributed by atoms with Gasteiger partial charge in [-0.05, 0) is 49.7 Å². The first-order valence-corrected chi connectivity index (χ1v) is 11.8. The Bertz CT molecular complexity index is 791. The zero-order chi connectivity index (χ0) is 21.3. The van der Waals surface area contributed by atoms with Gasteiger partial charge in [0, 0.05) is 5.56 Å². The van der Waals surface area contributed by atoms with Crippen molar-refractivity contribution in [3.8, 4) is 0 Å². The van der Waals surface area contributed by atoms with E-state index in [1.165, 1.54) is 11.1 Å². The third-order valence-electron chi connectivity index (χ3n) is 5.00. The standard InChI is InChI=1S/C24H33O4P/c1-6-21(24-12-10-9-11-13-24)18-19(4)22-14-16-23(17-15-22)20(5)28-29(25,26-7-2)27-8-3/h9-17,19,21H,5-8,18H2,1-4H3. The second-order valence-corrected chi connectivity index (χ2v) is 8.67. The zero-order valence-electron chi connectivity index (χ0n) is 18.0. The summed E-state index contributed by atoms with van der Waals surface area (Å²) in [4.78, 5) is 0. The Morgan fingerprint density at radius 3 is 2.03 bits per heavy atom. The second kappa shape index (κ2) is 11.3. The van der Waals surface area contributed by atoms with Gasteiger partial charge in [0.05, 0.1) is 13.2 Å². The van der Waals surface area contributed by atoms with E-state index in [1.807, 2.05) is 12.1 Å². The minimum Gasteiger partial charge on any atom is -0.404 e. The van der Waals surface area contributed by atoms with Crippen LogP contribution in [0.1, 0.15) is 69.1 Å². The molecule has 0 aliphatic heterocycles. The molecular formula is C24H33O4P. The number of phosphoric acid groups is 1. The predicted molar refractivity (Wildman–Crippen MR) is 120 cm³/mol. The van der Waals surface area contributed by atoms with Crippen molar-refractivity contribution in [3.05, 3.63) is 77.9 Å². The Balaban J connectivity index is 2.05. The summed E-state index contributed by atoms with van der Waals surface area (Å²) in [6.45, 7) is 12.4. The first-order chi connectivity index (χ1) is 13.9. The minimum absolute atomic E-state index is 0.237. The lowest BCUT2D eigenvalue weighted by Crippen LogP contribution is -2.04. The van der Waals surface area contributed by atoms with Gasteiger partial charge in [-0.3, -0.25) is 9.05 Å². The fourth-order valence-electron chi connectivity index (χ4n) is 3.42. The van der Waals surface area contributed by atoms with Crippen LogP contribution in [0.5, 0.6) is 0 Å². The lowest BCUT2D eigenvalue weighted by atomic mass is 9.84. The summed E-state index contributed by atoms with van der Waals surface area (Å²) in [5.41, 5.74) is 3.41. The summed E-state index contributed by atoms with van der Waals surface area (Å²) in [5.74, 6) is 1.24. The average Bonchev–Trinajstić information content (AvgIpc) is 2.72. The van der Waals surface area contributed by atoms with E-state index in [-0.39, 0.29) is 19.0 Å². The van der Waals surface area contributed by atoms with Crippen LogP contribution >= 0.6 is 7.82 Å². The molecule has 4 nitrogen and oxygen atoms in total. The van der Waals surface area contributed by atoms with Crippen molar-refractivity contribution < 1.29 is 18.1 Å². The predicted octanol–water partition coefficient (Wildman–Crippen LogP) is 7.54. The maximum absolute atomic E-state index is 12.5. The van der Waals surface area contributed by atoms with Gasteiger partial charge in [0.1, 0.15) is 5.76 Å². The molecule has 2 unspecified atom stereocenters. The summed E-state index contributed by atoms with van der Waals surface area (Å²) in [7, 11) is -3.63. The lowest BCUT2D eigenvalue weighted by Gasteiger charge is -2.21. The summed E-state index contributed by atoms with van der Waals surface area (Å²) in [6, 6.07) is 18.7. The van der Waals surface area contributed by atoms with E-state index in [0.29, 0.717) is 11.8 Å². The van der Waals surface area contributed by atoms with Crippen molar-refractivity contribution >= 4 is 13.6 Å². The first-order valence-electron chi connectivity index (χ1n) is 10.3. The Labute approximate surface area is 175 Å². The van der Waals surface area contributed by atoms with Gasteiger partial charge in [0.15, 0.2) is 0 Å². The fraction of sp³-hybridized carbons (Fsp3) is 0.417. The van der Waals surface area contributed by atoms with Gasteiger partial charge in [0.25, 0.3) is 0 Å². The summed E-state index contributed by atoms with van der Waals surface area (Å²) < 4.78 is 28.3. The van der Waals surface area contributed by atoms with E-state index < -0.39 is 7.82 Å². The molecular weight excluding hydrogens is 383 g/mol. The Hall–Kier alpha value is -1.87. The van der Waals surface area contributed by atoms with Crippen LogP contribution in [-0.4, -0.2) is 13.2 Å². The van der Waals surface area contributed by atoms with Crippen molar-refractivity contribution in [3.63, 3.8) is 0 Å². The van der Waals surface area contributed by atoms with E-state index in [4.69, 9.17) is 13.6 Å². The van der Waals surface area contributed by atoms with Crippen LogP contribution in [0.4, 0.5) is 0 Å². The quantitative estimate of drug-likeness (QED) is 0.265. The Morgan fingerprint density at radius 2 is 1.52 bits per heavy atom. The maximum atomic E-state index is 12.5. The molecule has 2 rings (SSSR count). The fourth-order valence-corrected chi connectivity index (χ4v) is 4.61. The molecule has 2 aromatic carbocycles. The number of hydrogen-bond acceptors (Lipinski definition) is 4. The molecule has 0 radical (unpaired) electrons. The number of hydrogen-bond donors (Lipinski definition) is 0. The third-order valence-corrected chi connectivity index (χ3v) is 6.59. The van der Waals surface area contributed by atoms with Gasteiger partial charge in [-0.25, -0.2) is 4.57 Å². The zero-order valence-corrected chi connectivity index (χ0v) is 18.9. The normalized spacial score (nSPS) is 13.7. The molecule has 0 heterocycles. The van der Waals surface area contributed by atoms with E-state index in [2.05, 4.69) is 62.9 Å². The minimum atomic E-state index is -3.63. The molecule has 2 atom stereocenters. The SMILES string of the molecule is C=C(OP(=O)(OCC)OCC)c1ccc(C(C)CC(CC)c2ccccc2)cc1. The summed E-state index contributed by atoms with van der Waals surface area (Å²) in [5, 5.41) is 0. The Morgan fingerprint density at radius 1 is 0.931 bits per heavy atom. The van der Waals surface area contributed by atoms with Crippen LogP contribution in [0, 0.1) is 0 Å². The first kappa shape index (κ1) is 23.4. The molecule has 158 valence electrons. The van der Waals surface area contributed by atoms with Crippen molar-refractivity contribution in [2.24, 2.45) is 0 Å². The van der Waals surface area contributed by atoms with Crippen LogP contribution in [0.15, 0.2) is 61.2 Å². The largest absolute Gasteiger partial charge is 0.530 e. The molecule has 0 saturated heterocycles. The van der Waals surface area contributed by atoms with Gasteiger partial charge >= 0.3 is 7.82 Å². The molecule has 0 fully saturated rings. The van der Waals surface area contributed by atoms with Gasteiger partial charge < -0.3 is 4.52 Å². The smallest absolute Gasteiger partial charge is 0.404 e. The van der Waals surface area contributed by atoms with Crippen LogP contribution in [-0.2, 0) is 18.1 Å². The van der Waals surface area contributed by atoms with E-state index in [1.54, 1.807) is 13.8 Å². The summed E-state index contributed by atoms with van der Waals surface area (Å²) in [6.07, 6.45) is 2.20. The molecule has 0 spiro atoms. The van der Waals surface area contributed by atoms with E-state index in [0.717, 1.165) is 18.4 Å². The molecule has 0 aromatic heterocycles. The molecule has 0 N–H and O–H groups in total. The van der Waals surface area contributed by atoms with Crippen LogP contribution in [0.3, 0.4) is 0 Å². The van der Waals surface area contributed by atoms with Gasteiger partial charge in [-0.15, -0.1) is 0 Å². The summed E-state index contributed by atoms with van der Waals surface area (Å²) >= 11 is 0. The van der Waals surface area contributed by atoms with E-state index in [9.17, 15) is 4.57 Å². The van der Waals surface area contributed by atoms with Gasteiger partial charge in [-0.2, -0.15) is 0 Å². The van der Waals surface area contributed by atoms with Crippen molar-refractivity contribution in [1.29, 1.82) is 0 Å². The highest BCUT2D eigenvalue weighted by molar-refractivity contribution is 7.48. The van der Waals surface area contributed by atoms with Crippen LogP contribution in [0.2, 0.25) is 0 Å². The molecule has 0 saturated carbocycles. The van der Waals surface area contributed by atoms with Crippen molar-refractivity contribution in [2.75, 3.05) is 13.2 Å². The molecule has 0 amide bonds. The average molecular weight is 416 g/mol. The monoisotopic (exact) mass is 416 g/mol. The highest BCUT2D eigenvalue weighted by atomic mass is 31.2. The van der Waals surface area contributed by atoms with Crippen molar-refractivity contribution in [2.45, 2.75) is 52.4 Å².